The lowest BCUT2D eigenvalue weighted by Crippen LogP contribution is -2.35. The predicted molar refractivity (Wildman–Crippen MR) is 94.9 cm³/mol. The van der Waals surface area contributed by atoms with Crippen LogP contribution in [0, 0.1) is 0 Å². The van der Waals surface area contributed by atoms with Crippen LogP contribution < -0.4 is 0 Å². The summed E-state index contributed by atoms with van der Waals surface area (Å²) in [6.45, 7) is 0.862. The highest BCUT2D eigenvalue weighted by Gasteiger charge is 2.15. The van der Waals surface area contributed by atoms with E-state index in [2.05, 4.69) is 4.98 Å². The summed E-state index contributed by atoms with van der Waals surface area (Å²) in [5.74, 6) is -0.0641. The summed E-state index contributed by atoms with van der Waals surface area (Å²) < 4.78 is 0. The molecule has 0 saturated carbocycles. The molecule has 1 heterocycles. The van der Waals surface area contributed by atoms with E-state index >= 15 is 0 Å². The van der Waals surface area contributed by atoms with Crippen LogP contribution in [0.2, 0.25) is 0 Å². The predicted octanol–water partition coefficient (Wildman–Crippen LogP) is 2.91. The summed E-state index contributed by atoms with van der Waals surface area (Å²) in [6, 6.07) is 19.4. The van der Waals surface area contributed by atoms with Gasteiger partial charge in [0.1, 0.15) is 0 Å². The molecule has 1 aromatic heterocycles. The van der Waals surface area contributed by atoms with E-state index in [-0.39, 0.29) is 12.5 Å². The van der Waals surface area contributed by atoms with Gasteiger partial charge in [-0.1, -0.05) is 36.4 Å². The molecule has 0 aliphatic rings. The highest BCUT2D eigenvalue weighted by atomic mass is 16.3. The molecule has 3 aromatic rings. The van der Waals surface area contributed by atoms with Crippen molar-refractivity contribution in [2.75, 3.05) is 19.7 Å². The molecule has 1 amide bonds. The van der Waals surface area contributed by atoms with Crippen molar-refractivity contribution in [3.05, 3.63) is 78.0 Å². The molecule has 0 aliphatic heterocycles. The number of carbonyl (C=O) groups is 1. The van der Waals surface area contributed by atoms with E-state index in [1.54, 1.807) is 17.2 Å². The largest absolute Gasteiger partial charge is 0.395 e. The number of hydrogen-bond donors (Lipinski definition) is 1. The summed E-state index contributed by atoms with van der Waals surface area (Å²) in [5, 5.41) is 10.2. The van der Waals surface area contributed by atoms with E-state index in [0.29, 0.717) is 18.7 Å². The normalized spacial score (nSPS) is 10.7. The fourth-order valence-corrected chi connectivity index (χ4v) is 2.74. The zero-order valence-electron chi connectivity index (χ0n) is 13.4. The zero-order valence-corrected chi connectivity index (χ0v) is 13.4. The first-order chi connectivity index (χ1) is 11.8. The topological polar surface area (TPSA) is 53.4 Å². The van der Waals surface area contributed by atoms with Crippen LogP contribution in [0.3, 0.4) is 0 Å². The van der Waals surface area contributed by atoms with Gasteiger partial charge >= 0.3 is 0 Å². The van der Waals surface area contributed by atoms with Crippen LogP contribution in [-0.2, 0) is 6.42 Å². The van der Waals surface area contributed by atoms with E-state index in [9.17, 15) is 9.90 Å². The van der Waals surface area contributed by atoms with Gasteiger partial charge in [0.2, 0.25) is 0 Å². The van der Waals surface area contributed by atoms with Gasteiger partial charge in [0.15, 0.2) is 0 Å². The number of aromatic nitrogens is 1. The maximum Gasteiger partial charge on any atom is 0.253 e. The van der Waals surface area contributed by atoms with Gasteiger partial charge in [-0.3, -0.25) is 9.78 Å². The molecule has 0 aliphatic carbocycles. The fourth-order valence-electron chi connectivity index (χ4n) is 2.74. The van der Waals surface area contributed by atoms with Crippen LogP contribution in [0.15, 0.2) is 66.9 Å². The Bertz CT molecular complexity index is 818. The van der Waals surface area contributed by atoms with Crippen molar-refractivity contribution >= 4 is 16.8 Å². The maximum absolute atomic E-state index is 12.8. The average molecular weight is 320 g/mol. The van der Waals surface area contributed by atoms with Crippen LogP contribution >= 0.6 is 0 Å². The van der Waals surface area contributed by atoms with Crippen LogP contribution in [0.4, 0.5) is 0 Å². The SMILES string of the molecule is O=C(c1ccc2ncccc2c1)N(CCO)CCc1ccccc1. The Balaban J connectivity index is 1.77. The molecule has 4 heteroatoms. The minimum atomic E-state index is -0.0641. The minimum absolute atomic E-state index is 0.0460. The van der Waals surface area contributed by atoms with Crippen molar-refractivity contribution in [2.45, 2.75) is 6.42 Å². The minimum Gasteiger partial charge on any atom is -0.395 e. The molecular formula is C20H20N2O2. The van der Waals surface area contributed by atoms with E-state index in [1.807, 2.05) is 54.6 Å². The van der Waals surface area contributed by atoms with Gasteiger partial charge in [0.05, 0.1) is 12.1 Å². The van der Waals surface area contributed by atoms with Crippen molar-refractivity contribution in [1.82, 2.24) is 9.88 Å². The number of hydrogen-bond acceptors (Lipinski definition) is 3. The maximum atomic E-state index is 12.8. The Morgan fingerprint density at radius 2 is 1.83 bits per heavy atom. The van der Waals surface area contributed by atoms with Crippen LogP contribution in [0.25, 0.3) is 10.9 Å². The lowest BCUT2D eigenvalue weighted by molar-refractivity contribution is 0.0724. The Morgan fingerprint density at radius 1 is 1.00 bits per heavy atom. The Hall–Kier alpha value is -2.72. The highest BCUT2D eigenvalue weighted by Crippen LogP contribution is 2.15. The fraction of sp³-hybridized carbons (Fsp3) is 0.200. The number of amides is 1. The first kappa shape index (κ1) is 16.1. The molecule has 2 aromatic carbocycles. The second-order valence-corrected chi connectivity index (χ2v) is 5.66. The second-order valence-electron chi connectivity index (χ2n) is 5.66. The number of pyridine rings is 1. The number of carbonyl (C=O) groups excluding carboxylic acids is 1. The number of fused-ring (bicyclic) bond motifs is 1. The molecule has 0 bridgehead atoms. The number of aliphatic hydroxyl groups excluding tert-OH is 1. The van der Waals surface area contributed by atoms with Gasteiger partial charge in [-0.05, 0) is 36.2 Å². The number of nitrogens with zero attached hydrogens (tertiary/aromatic N) is 2. The lowest BCUT2D eigenvalue weighted by Gasteiger charge is -2.22. The summed E-state index contributed by atoms with van der Waals surface area (Å²) in [7, 11) is 0. The summed E-state index contributed by atoms with van der Waals surface area (Å²) in [6.07, 6.45) is 2.50. The molecule has 122 valence electrons. The smallest absolute Gasteiger partial charge is 0.253 e. The number of aliphatic hydroxyl groups is 1. The van der Waals surface area contributed by atoms with Gasteiger partial charge in [0.25, 0.3) is 5.91 Å². The van der Waals surface area contributed by atoms with E-state index in [1.165, 1.54) is 5.56 Å². The Labute approximate surface area is 141 Å². The zero-order chi connectivity index (χ0) is 16.8. The quantitative estimate of drug-likeness (QED) is 0.760. The van der Waals surface area contributed by atoms with Crippen molar-refractivity contribution in [3.8, 4) is 0 Å². The summed E-state index contributed by atoms with van der Waals surface area (Å²) in [4.78, 5) is 18.8. The standard InChI is InChI=1S/C20H20N2O2/c23-14-13-22(12-10-16-5-2-1-3-6-16)20(24)18-8-9-19-17(15-18)7-4-11-21-19/h1-9,11,15,23H,10,12-14H2. The third-order valence-corrected chi connectivity index (χ3v) is 4.02. The third-order valence-electron chi connectivity index (χ3n) is 4.02. The van der Waals surface area contributed by atoms with Gasteiger partial charge in [-0.15, -0.1) is 0 Å². The summed E-state index contributed by atoms with van der Waals surface area (Å²) >= 11 is 0. The van der Waals surface area contributed by atoms with Crippen molar-refractivity contribution in [1.29, 1.82) is 0 Å². The summed E-state index contributed by atoms with van der Waals surface area (Å²) in [5.41, 5.74) is 2.67. The van der Waals surface area contributed by atoms with Gasteiger partial charge in [-0.2, -0.15) is 0 Å². The first-order valence-corrected chi connectivity index (χ1v) is 8.07. The molecular weight excluding hydrogens is 300 g/mol. The third kappa shape index (κ3) is 3.78. The van der Waals surface area contributed by atoms with Crippen molar-refractivity contribution < 1.29 is 9.90 Å². The van der Waals surface area contributed by atoms with Gasteiger partial charge in [-0.25, -0.2) is 0 Å². The molecule has 0 unspecified atom stereocenters. The van der Waals surface area contributed by atoms with Crippen molar-refractivity contribution in [3.63, 3.8) is 0 Å². The molecule has 0 saturated heterocycles. The van der Waals surface area contributed by atoms with E-state index < -0.39 is 0 Å². The van der Waals surface area contributed by atoms with Crippen LogP contribution in [0.5, 0.6) is 0 Å². The molecule has 3 rings (SSSR count). The number of rotatable bonds is 6. The average Bonchev–Trinajstić information content (AvgIpc) is 2.65. The molecule has 1 N–H and O–H groups in total. The van der Waals surface area contributed by atoms with Crippen LogP contribution in [0.1, 0.15) is 15.9 Å². The molecule has 0 radical (unpaired) electrons. The molecule has 24 heavy (non-hydrogen) atoms. The van der Waals surface area contributed by atoms with Crippen LogP contribution in [-0.4, -0.2) is 40.6 Å². The molecule has 0 spiro atoms. The Kier molecular flexibility index (Phi) is 5.18. The van der Waals surface area contributed by atoms with E-state index in [4.69, 9.17) is 0 Å². The monoisotopic (exact) mass is 320 g/mol. The second kappa shape index (κ2) is 7.70. The number of benzene rings is 2. The highest BCUT2D eigenvalue weighted by molar-refractivity contribution is 5.97. The molecule has 0 fully saturated rings. The molecule has 0 atom stereocenters. The lowest BCUT2D eigenvalue weighted by atomic mass is 10.1. The van der Waals surface area contributed by atoms with Crippen molar-refractivity contribution in [2.24, 2.45) is 0 Å². The van der Waals surface area contributed by atoms with Gasteiger partial charge < -0.3 is 10.0 Å². The van der Waals surface area contributed by atoms with E-state index in [0.717, 1.165) is 17.3 Å². The Morgan fingerprint density at radius 3 is 2.62 bits per heavy atom. The van der Waals surface area contributed by atoms with Gasteiger partial charge in [0, 0.05) is 30.2 Å². The molecule has 4 nitrogen and oxygen atoms in total. The first-order valence-electron chi connectivity index (χ1n) is 8.07.